The van der Waals surface area contributed by atoms with E-state index in [0.29, 0.717) is 18.2 Å². The summed E-state index contributed by atoms with van der Waals surface area (Å²) in [5.74, 6) is -0.362. The molecule has 2 N–H and O–H groups in total. The first kappa shape index (κ1) is 24.1. The Balaban J connectivity index is 1.32. The molecule has 1 saturated heterocycles. The third-order valence-corrected chi connectivity index (χ3v) is 7.73. The van der Waals surface area contributed by atoms with Gasteiger partial charge in [-0.1, -0.05) is 62.4 Å². The standard InChI is InChI=1S/C26H30N2O5S/c1-16(2)17(11-24(29)28-15-34-14-23(28)25(30)31)12-27-26(32)33-13-22-20-9-5-3-7-18(20)19-8-4-6-10-21(19)22/h3-10,16-17,22-23H,11-15H2,1-2H3,(H,27,32)(H,30,31). The van der Waals surface area contributed by atoms with Crippen molar-refractivity contribution >= 4 is 29.7 Å². The molecule has 0 spiro atoms. The number of carboxylic acid groups (broad SMARTS) is 1. The highest BCUT2D eigenvalue weighted by Gasteiger charge is 2.35. The topological polar surface area (TPSA) is 95.9 Å². The van der Waals surface area contributed by atoms with Crippen LogP contribution in [0.15, 0.2) is 48.5 Å². The van der Waals surface area contributed by atoms with Crippen molar-refractivity contribution in [2.45, 2.75) is 32.2 Å². The molecule has 0 saturated carbocycles. The first-order valence-corrected chi connectivity index (χ1v) is 12.7. The lowest BCUT2D eigenvalue weighted by atomic mass is 9.91. The molecular formula is C26H30N2O5S. The molecule has 180 valence electrons. The summed E-state index contributed by atoms with van der Waals surface area (Å²) >= 11 is 1.44. The van der Waals surface area contributed by atoms with E-state index in [0.717, 1.165) is 11.1 Å². The van der Waals surface area contributed by atoms with E-state index in [1.807, 2.05) is 38.1 Å². The van der Waals surface area contributed by atoms with Crippen LogP contribution in [0.25, 0.3) is 11.1 Å². The zero-order valence-corrected chi connectivity index (χ0v) is 20.2. The second-order valence-electron chi connectivity index (χ2n) is 9.13. The molecule has 2 atom stereocenters. The molecule has 0 radical (unpaired) electrons. The van der Waals surface area contributed by atoms with Gasteiger partial charge in [0.25, 0.3) is 0 Å². The van der Waals surface area contributed by atoms with Gasteiger partial charge < -0.3 is 20.1 Å². The lowest BCUT2D eigenvalue weighted by Crippen LogP contribution is -2.43. The highest BCUT2D eigenvalue weighted by Crippen LogP contribution is 2.44. The number of benzene rings is 2. The lowest BCUT2D eigenvalue weighted by molar-refractivity contribution is -0.148. The minimum absolute atomic E-state index is 0.0127. The molecule has 2 amide bonds. The van der Waals surface area contributed by atoms with Gasteiger partial charge in [0.1, 0.15) is 12.6 Å². The number of hydrogen-bond acceptors (Lipinski definition) is 5. The predicted octanol–water partition coefficient (Wildman–Crippen LogP) is 4.17. The number of alkyl carbamates (subject to hydrolysis) is 1. The van der Waals surface area contributed by atoms with Crippen LogP contribution in [0.4, 0.5) is 4.79 Å². The Morgan fingerprint density at radius 2 is 1.71 bits per heavy atom. The van der Waals surface area contributed by atoms with Crippen molar-refractivity contribution < 1.29 is 24.2 Å². The fraction of sp³-hybridized carbons (Fsp3) is 0.423. The number of carboxylic acids is 1. The van der Waals surface area contributed by atoms with Gasteiger partial charge in [-0.2, -0.15) is 0 Å². The first-order valence-electron chi connectivity index (χ1n) is 11.6. The number of nitrogens with zero attached hydrogens (tertiary/aromatic N) is 1. The van der Waals surface area contributed by atoms with E-state index >= 15 is 0 Å². The molecule has 0 bridgehead atoms. The van der Waals surface area contributed by atoms with Gasteiger partial charge in [0.15, 0.2) is 0 Å². The summed E-state index contributed by atoms with van der Waals surface area (Å²) in [4.78, 5) is 38.1. The largest absolute Gasteiger partial charge is 0.480 e. The number of rotatable bonds is 8. The van der Waals surface area contributed by atoms with Crippen molar-refractivity contribution in [3.63, 3.8) is 0 Å². The molecule has 2 unspecified atom stereocenters. The average Bonchev–Trinajstić information content (AvgIpc) is 3.44. The molecule has 2 aromatic rings. The number of ether oxygens (including phenoxy) is 1. The Labute approximate surface area is 203 Å². The quantitative estimate of drug-likeness (QED) is 0.586. The SMILES string of the molecule is CC(C)C(CNC(=O)OCC1c2ccccc2-c2ccccc21)CC(=O)N1CSCC1C(=O)O. The molecule has 1 aliphatic carbocycles. The van der Waals surface area contributed by atoms with E-state index < -0.39 is 18.1 Å². The van der Waals surface area contributed by atoms with Crippen LogP contribution in [0.3, 0.4) is 0 Å². The maximum atomic E-state index is 12.8. The van der Waals surface area contributed by atoms with Crippen molar-refractivity contribution in [3.05, 3.63) is 59.7 Å². The number of fused-ring (bicyclic) bond motifs is 3. The highest BCUT2D eigenvalue weighted by molar-refractivity contribution is 7.99. The molecule has 1 heterocycles. The van der Waals surface area contributed by atoms with Gasteiger partial charge in [-0.3, -0.25) is 4.79 Å². The summed E-state index contributed by atoms with van der Waals surface area (Å²) in [6.07, 6.45) is -0.328. The van der Waals surface area contributed by atoms with E-state index in [9.17, 15) is 19.5 Å². The maximum absolute atomic E-state index is 12.8. The van der Waals surface area contributed by atoms with Crippen LogP contribution < -0.4 is 5.32 Å². The minimum Gasteiger partial charge on any atom is -0.480 e. The molecule has 2 aromatic carbocycles. The average molecular weight is 483 g/mol. The van der Waals surface area contributed by atoms with Gasteiger partial charge >= 0.3 is 12.1 Å². The summed E-state index contributed by atoms with van der Waals surface area (Å²) in [6, 6.07) is 15.6. The van der Waals surface area contributed by atoms with Crippen LogP contribution in [0.5, 0.6) is 0 Å². The van der Waals surface area contributed by atoms with Gasteiger partial charge in [0.2, 0.25) is 5.91 Å². The van der Waals surface area contributed by atoms with Crippen molar-refractivity contribution in [2.24, 2.45) is 11.8 Å². The van der Waals surface area contributed by atoms with E-state index in [-0.39, 0.29) is 36.7 Å². The van der Waals surface area contributed by atoms with Crippen LogP contribution in [0.2, 0.25) is 0 Å². The normalized spacial score (nSPS) is 17.9. The Morgan fingerprint density at radius 3 is 2.29 bits per heavy atom. The fourth-order valence-corrected chi connectivity index (χ4v) is 5.81. The smallest absolute Gasteiger partial charge is 0.407 e. The number of thioether (sulfide) groups is 1. The molecule has 1 fully saturated rings. The van der Waals surface area contributed by atoms with Crippen LogP contribution in [0.1, 0.15) is 37.3 Å². The summed E-state index contributed by atoms with van der Waals surface area (Å²) < 4.78 is 5.60. The highest BCUT2D eigenvalue weighted by atomic mass is 32.2. The van der Waals surface area contributed by atoms with E-state index in [1.165, 1.54) is 27.8 Å². The lowest BCUT2D eigenvalue weighted by Gasteiger charge is -2.26. The van der Waals surface area contributed by atoms with Gasteiger partial charge in [0.05, 0.1) is 5.88 Å². The molecule has 0 aromatic heterocycles. The summed E-state index contributed by atoms with van der Waals surface area (Å²) in [7, 11) is 0. The molecule has 4 rings (SSSR count). The third-order valence-electron chi connectivity index (χ3n) is 6.72. The Bertz CT molecular complexity index is 1030. The monoisotopic (exact) mass is 482 g/mol. The molecule has 2 aliphatic rings. The van der Waals surface area contributed by atoms with Crippen LogP contribution in [0, 0.1) is 11.8 Å². The molecule has 34 heavy (non-hydrogen) atoms. The number of nitrogens with one attached hydrogen (secondary N) is 1. The summed E-state index contributed by atoms with van der Waals surface area (Å²) in [6.45, 7) is 4.50. The second kappa shape index (κ2) is 10.5. The van der Waals surface area contributed by atoms with Crippen molar-refractivity contribution in [2.75, 3.05) is 24.8 Å². The van der Waals surface area contributed by atoms with Gasteiger partial charge in [0, 0.05) is 24.6 Å². The maximum Gasteiger partial charge on any atom is 0.407 e. The number of amides is 2. The molecule has 1 aliphatic heterocycles. The number of carbonyl (C=O) groups excluding carboxylic acids is 2. The summed E-state index contributed by atoms with van der Waals surface area (Å²) in [5.41, 5.74) is 4.65. The van der Waals surface area contributed by atoms with Crippen molar-refractivity contribution in [1.82, 2.24) is 10.2 Å². The van der Waals surface area contributed by atoms with E-state index in [1.54, 1.807) is 0 Å². The van der Waals surface area contributed by atoms with E-state index in [4.69, 9.17) is 4.74 Å². The van der Waals surface area contributed by atoms with Gasteiger partial charge in [-0.25, -0.2) is 9.59 Å². The van der Waals surface area contributed by atoms with Crippen LogP contribution in [-0.2, 0) is 14.3 Å². The number of aliphatic carboxylic acids is 1. The zero-order valence-electron chi connectivity index (χ0n) is 19.4. The Kier molecular flexibility index (Phi) is 7.46. The fourth-order valence-electron chi connectivity index (χ4n) is 4.64. The first-order chi connectivity index (χ1) is 16.4. The Hall–Kier alpha value is -3.00. The van der Waals surface area contributed by atoms with E-state index in [2.05, 4.69) is 29.6 Å². The minimum atomic E-state index is -0.976. The van der Waals surface area contributed by atoms with Crippen LogP contribution in [-0.4, -0.2) is 58.8 Å². The summed E-state index contributed by atoms with van der Waals surface area (Å²) in [5, 5.41) is 12.2. The predicted molar refractivity (Wildman–Crippen MR) is 132 cm³/mol. The molecule has 8 heteroatoms. The van der Waals surface area contributed by atoms with Gasteiger partial charge in [-0.05, 0) is 34.1 Å². The zero-order chi connectivity index (χ0) is 24.2. The second-order valence-corrected chi connectivity index (χ2v) is 10.1. The Morgan fingerprint density at radius 1 is 1.09 bits per heavy atom. The van der Waals surface area contributed by atoms with Gasteiger partial charge in [-0.15, -0.1) is 11.8 Å². The number of carbonyl (C=O) groups is 3. The van der Waals surface area contributed by atoms with Crippen molar-refractivity contribution in [1.29, 1.82) is 0 Å². The third kappa shape index (κ3) is 5.06. The molecular weight excluding hydrogens is 452 g/mol. The molecule has 7 nitrogen and oxygen atoms in total. The number of hydrogen-bond donors (Lipinski definition) is 2. The van der Waals surface area contributed by atoms with Crippen LogP contribution >= 0.6 is 11.8 Å². The van der Waals surface area contributed by atoms with Crippen molar-refractivity contribution in [3.8, 4) is 11.1 Å².